The maximum absolute atomic E-state index is 13.3. The first-order chi connectivity index (χ1) is 13.4. The number of imidazole rings is 1. The second-order valence-electron chi connectivity index (χ2n) is 5.88. The summed E-state index contributed by atoms with van der Waals surface area (Å²) < 4.78 is 39.9. The predicted molar refractivity (Wildman–Crippen MR) is 96.5 cm³/mol. The number of alkyl halides is 3. The van der Waals surface area contributed by atoms with E-state index in [1.54, 1.807) is 18.3 Å². The zero-order chi connectivity index (χ0) is 19.7. The van der Waals surface area contributed by atoms with Crippen molar-refractivity contribution in [1.29, 1.82) is 0 Å². The Hall–Kier alpha value is -3.75. The van der Waals surface area contributed by atoms with Gasteiger partial charge in [-0.3, -0.25) is 9.78 Å². The molecular weight excluding hydrogens is 371 g/mol. The molecule has 140 valence electrons. The minimum absolute atomic E-state index is 0.0166. The van der Waals surface area contributed by atoms with Crippen LogP contribution in [0, 0.1) is 0 Å². The summed E-state index contributed by atoms with van der Waals surface area (Å²) in [6, 6.07) is 9.89. The van der Waals surface area contributed by atoms with Crippen LogP contribution in [0.4, 0.5) is 18.9 Å². The number of H-pyrrole nitrogens is 1. The number of hydrogen-bond donors (Lipinski definition) is 2. The van der Waals surface area contributed by atoms with E-state index in [9.17, 15) is 18.0 Å². The van der Waals surface area contributed by atoms with Crippen molar-refractivity contribution in [3.63, 3.8) is 0 Å². The standard InChI is InChI=1S/C19H12F3N5O/c20-19(21,22)14-6-2-1-5-12(14)16-26-15-13(7-9-24-17(15)27-16)18(28)25-11-4-3-8-23-10-11/h1-10H,(H,25,28)(H,24,26,27). The third kappa shape index (κ3) is 3.29. The smallest absolute Gasteiger partial charge is 0.336 e. The molecule has 2 N–H and O–H groups in total. The van der Waals surface area contributed by atoms with Crippen LogP contribution in [0.5, 0.6) is 0 Å². The highest BCUT2D eigenvalue weighted by Crippen LogP contribution is 2.36. The molecule has 1 aromatic carbocycles. The lowest BCUT2D eigenvalue weighted by atomic mass is 10.1. The Morgan fingerprint density at radius 1 is 1.04 bits per heavy atom. The van der Waals surface area contributed by atoms with Gasteiger partial charge < -0.3 is 10.3 Å². The summed E-state index contributed by atoms with van der Waals surface area (Å²) >= 11 is 0. The minimum Gasteiger partial charge on any atom is -0.336 e. The Labute approximate surface area is 156 Å². The summed E-state index contributed by atoms with van der Waals surface area (Å²) in [5.74, 6) is -0.475. The van der Waals surface area contributed by atoms with Crippen LogP contribution in [0.2, 0.25) is 0 Å². The van der Waals surface area contributed by atoms with E-state index < -0.39 is 17.6 Å². The van der Waals surface area contributed by atoms with Gasteiger partial charge in [0.05, 0.1) is 28.5 Å². The number of nitrogens with one attached hydrogen (secondary N) is 2. The summed E-state index contributed by atoms with van der Waals surface area (Å²) in [7, 11) is 0. The molecule has 1 amide bonds. The van der Waals surface area contributed by atoms with E-state index in [0.717, 1.165) is 6.07 Å². The number of pyridine rings is 2. The van der Waals surface area contributed by atoms with E-state index in [1.165, 1.54) is 36.7 Å². The predicted octanol–water partition coefficient (Wildman–Crippen LogP) is 4.29. The van der Waals surface area contributed by atoms with Gasteiger partial charge in [0.1, 0.15) is 5.82 Å². The number of halogens is 3. The van der Waals surface area contributed by atoms with Crippen LogP contribution in [0.1, 0.15) is 15.9 Å². The van der Waals surface area contributed by atoms with Crippen LogP contribution >= 0.6 is 0 Å². The lowest BCUT2D eigenvalue weighted by molar-refractivity contribution is -0.137. The van der Waals surface area contributed by atoms with Crippen LogP contribution in [0.25, 0.3) is 22.6 Å². The molecule has 0 aliphatic carbocycles. The normalized spacial score (nSPS) is 11.5. The highest BCUT2D eigenvalue weighted by Gasteiger charge is 2.34. The van der Waals surface area contributed by atoms with E-state index in [1.807, 2.05) is 0 Å². The number of carbonyl (C=O) groups excluding carboxylic acids is 1. The summed E-state index contributed by atoms with van der Waals surface area (Å²) in [6.45, 7) is 0. The van der Waals surface area contributed by atoms with E-state index in [-0.39, 0.29) is 28.1 Å². The number of benzene rings is 1. The summed E-state index contributed by atoms with van der Waals surface area (Å²) in [6.07, 6.45) is -0.113. The lowest BCUT2D eigenvalue weighted by Gasteiger charge is -2.10. The van der Waals surface area contributed by atoms with Gasteiger partial charge in [0.15, 0.2) is 5.65 Å². The van der Waals surface area contributed by atoms with E-state index >= 15 is 0 Å². The minimum atomic E-state index is -4.54. The highest BCUT2D eigenvalue weighted by atomic mass is 19.4. The van der Waals surface area contributed by atoms with Crippen molar-refractivity contribution in [3.05, 3.63) is 72.2 Å². The second kappa shape index (κ2) is 6.76. The average molecular weight is 383 g/mol. The molecule has 0 bridgehead atoms. The van der Waals surface area contributed by atoms with Gasteiger partial charge in [-0.1, -0.05) is 18.2 Å². The van der Waals surface area contributed by atoms with Gasteiger partial charge in [0.25, 0.3) is 5.91 Å². The number of nitrogens with zero attached hydrogens (tertiary/aromatic N) is 3. The van der Waals surface area contributed by atoms with E-state index in [2.05, 4.69) is 25.3 Å². The number of amides is 1. The fraction of sp³-hybridized carbons (Fsp3) is 0.0526. The molecule has 0 spiro atoms. The molecule has 28 heavy (non-hydrogen) atoms. The van der Waals surface area contributed by atoms with Crippen LogP contribution < -0.4 is 5.32 Å². The number of carbonyl (C=O) groups is 1. The Kier molecular flexibility index (Phi) is 4.26. The van der Waals surface area contributed by atoms with Crippen molar-refractivity contribution >= 4 is 22.8 Å². The molecule has 0 saturated carbocycles. The van der Waals surface area contributed by atoms with Crippen LogP contribution in [0.3, 0.4) is 0 Å². The molecule has 0 fully saturated rings. The number of fused-ring (bicyclic) bond motifs is 1. The molecule has 4 rings (SSSR count). The molecule has 0 aliphatic heterocycles. The summed E-state index contributed by atoms with van der Waals surface area (Å²) in [5, 5.41) is 2.68. The van der Waals surface area contributed by atoms with Crippen LogP contribution in [0.15, 0.2) is 61.1 Å². The van der Waals surface area contributed by atoms with Crippen molar-refractivity contribution in [2.45, 2.75) is 6.18 Å². The van der Waals surface area contributed by atoms with E-state index in [4.69, 9.17) is 0 Å². The third-order valence-corrected chi connectivity index (χ3v) is 4.04. The van der Waals surface area contributed by atoms with Crippen LogP contribution in [-0.2, 0) is 6.18 Å². The molecule has 0 saturated heterocycles. The van der Waals surface area contributed by atoms with Crippen molar-refractivity contribution in [2.75, 3.05) is 5.32 Å². The van der Waals surface area contributed by atoms with Crippen molar-refractivity contribution in [3.8, 4) is 11.4 Å². The molecule has 3 aromatic heterocycles. The lowest BCUT2D eigenvalue weighted by Crippen LogP contribution is -2.12. The monoisotopic (exact) mass is 383 g/mol. The average Bonchev–Trinajstić information content (AvgIpc) is 3.12. The largest absolute Gasteiger partial charge is 0.417 e. The van der Waals surface area contributed by atoms with Gasteiger partial charge in [-0.2, -0.15) is 13.2 Å². The van der Waals surface area contributed by atoms with Gasteiger partial charge in [0.2, 0.25) is 0 Å². The molecular formula is C19H12F3N5O. The van der Waals surface area contributed by atoms with Gasteiger partial charge in [0, 0.05) is 18.0 Å². The Morgan fingerprint density at radius 2 is 1.86 bits per heavy atom. The van der Waals surface area contributed by atoms with Crippen LogP contribution in [-0.4, -0.2) is 25.8 Å². The third-order valence-electron chi connectivity index (χ3n) is 4.04. The molecule has 0 aliphatic rings. The molecule has 6 nitrogen and oxygen atoms in total. The van der Waals surface area contributed by atoms with Gasteiger partial charge in [-0.15, -0.1) is 0 Å². The quantitative estimate of drug-likeness (QED) is 0.553. The summed E-state index contributed by atoms with van der Waals surface area (Å²) in [4.78, 5) is 27.5. The molecule has 4 aromatic rings. The molecule has 0 unspecified atom stereocenters. The number of aromatic amines is 1. The maximum Gasteiger partial charge on any atom is 0.417 e. The van der Waals surface area contributed by atoms with Crippen molar-refractivity contribution in [1.82, 2.24) is 19.9 Å². The fourth-order valence-electron chi connectivity index (χ4n) is 2.80. The zero-order valence-corrected chi connectivity index (χ0v) is 14.2. The van der Waals surface area contributed by atoms with Gasteiger partial charge in [-0.25, -0.2) is 9.97 Å². The maximum atomic E-state index is 13.3. The number of aromatic nitrogens is 4. The van der Waals surface area contributed by atoms with Gasteiger partial charge >= 0.3 is 6.18 Å². The Morgan fingerprint density at radius 3 is 2.61 bits per heavy atom. The fourth-order valence-corrected chi connectivity index (χ4v) is 2.80. The first kappa shape index (κ1) is 17.7. The summed E-state index contributed by atoms with van der Waals surface area (Å²) in [5.41, 5.74) is 0.139. The zero-order valence-electron chi connectivity index (χ0n) is 14.2. The van der Waals surface area contributed by atoms with Gasteiger partial charge in [-0.05, 0) is 24.3 Å². The van der Waals surface area contributed by atoms with Crippen molar-refractivity contribution in [2.24, 2.45) is 0 Å². The van der Waals surface area contributed by atoms with Crippen molar-refractivity contribution < 1.29 is 18.0 Å². The molecule has 9 heteroatoms. The molecule has 0 radical (unpaired) electrons. The Balaban J connectivity index is 1.78. The Bertz CT molecular complexity index is 1160. The first-order valence-electron chi connectivity index (χ1n) is 8.16. The molecule has 3 heterocycles. The van der Waals surface area contributed by atoms with E-state index in [0.29, 0.717) is 5.69 Å². The highest BCUT2D eigenvalue weighted by molar-refractivity contribution is 6.11. The number of rotatable bonds is 3. The topological polar surface area (TPSA) is 83.6 Å². The SMILES string of the molecule is O=C(Nc1cccnc1)c1ccnc2nc(-c3ccccc3C(F)(F)F)[nH]c12. The first-order valence-corrected chi connectivity index (χ1v) is 8.16. The number of anilines is 1. The number of hydrogen-bond acceptors (Lipinski definition) is 4. The second-order valence-corrected chi connectivity index (χ2v) is 5.88. The molecule has 0 atom stereocenters.